The summed E-state index contributed by atoms with van der Waals surface area (Å²) in [5.41, 5.74) is 1.30. The first-order valence-corrected chi connectivity index (χ1v) is 10.2. The van der Waals surface area contributed by atoms with Crippen LogP contribution in [0, 0.1) is 0 Å². The fraction of sp³-hybridized carbons (Fsp3) is 0.545. The summed E-state index contributed by atoms with van der Waals surface area (Å²) in [6.07, 6.45) is 1.20. The summed E-state index contributed by atoms with van der Waals surface area (Å²) in [6.45, 7) is 9.82. The van der Waals surface area contributed by atoms with Gasteiger partial charge < -0.3 is 14.2 Å². The van der Waals surface area contributed by atoms with Crippen LogP contribution >= 0.6 is 0 Å². The molecule has 2 aromatic carbocycles. The first-order valence-electron chi connectivity index (χ1n) is 10.2. The maximum absolute atomic E-state index is 6.24. The van der Waals surface area contributed by atoms with Gasteiger partial charge in [-0.05, 0) is 23.3 Å². The van der Waals surface area contributed by atoms with E-state index in [9.17, 15) is 0 Å². The molecular formula is C22H30N2O3. The lowest BCUT2D eigenvalue weighted by molar-refractivity contribution is -0.0678. The van der Waals surface area contributed by atoms with Gasteiger partial charge in [0.25, 0.3) is 0 Å². The monoisotopic (exact) mass is 370 g/mol. The topological polar surface area (TPSA) is 34.2 Å². The first-order chi connectivity index (χ1) is 13.4. The van der Waals surface area contributed by atoms with Crippen molar-refractivity contribution in [3.05, 3.63) is 42.0 Å². The lowest BCUT2D eigenvalue weighted by atomic mass is 9.99. The minimum atomic E-state index is 0.191. The Morgan fingerprint density at radius 2 is 1.52 bits per heavy atom. The van der Waals surface area contributed by atoms with Crippen LogP contribution in [0.25, 0.3) is 10.8 Å². The third kappa shape index (κ3) is 4.11. The van der Waals surface area contributed by atoms with Crippen LogP contribution in [-0.4, -0.2) is 69.0 Å². The SMILES string of the molecule is CCCOc1ccc2ccccc2c1C(N1CCOCC1)N1CCOCC1. The van der Waals surface area contributed by atoms with E-state index >= 15 is 0 Å². The molecule has 0 N–H and O–H groups in total. The Morgan fingerprint density at radius 1 is 0.889 bits per heavy atom. The highest BCUT2D eigenvalue weighted by Gasteiger charge is 2.32. The standard InChI is InChI=1S/C22H30N2O3/c1-2-13-27-20-8-7-18-5-3-4-6-19(18)21(20)22(23-9-14-25-15-10-23)24-11-16-26-17-12-24/h3-8,22H,2,9-17H2,1H3. The molecule has 2 aromatic rings. The van der Waals surface area contributed by atoms with Gasteiger partial charge in [-0.15, -0.1) is 0 Å². The van der Waals surface area contributed by atoms with Crippen LogP contribution in [0.1, 0.15) is 25.1 Å². The normalized spacial score (nSPS) is 19.6. The third-order valence-electron chi connectivity index (χ3n) is 5.43. The van der Waals surface area contributed by atoms with Crippen LogP contribution in [0.2, 0.25) is 0 Å². The van der Waals surface area contributed by atoms with Crippen LogP contribution in [0.3, 0.4) is 0 Å². The Hall–Kier alpha value is -1.66. The number of morpholine rings is 2. The number of nitrogens with zero attached hydrogens (tertiary/aromatic N) is 2. The second-order valence-electron chi connectivity index (χ2n) is 7.22. The van der Waals surface area contributed by atoms with E-state index < -0.39 is 0 Å². The van der Waals surface area contributed by atoms with Gasteiger partial charge in [0.1, 0.15) is 5.75 Å². The number of rotatable bonds is 6. The molecule has 2 saturated heterocycles. The Morgan fingerprint density at radius 3 is 2.15 bits per heavy atom. The van der Waals surface area contributed by atoms with Crippen molar-refractivity contribution in [3.63, 3.8) is 0 Å². The maximum atomic E-state index is 6.24. The summed E-state index contributed by atoms with van der Waals surface area (Å²) in [6, 6.07) is 13.0. The molecule has 2 aliphatic heterocycles. The highest BCUT2D eigenvalue weighted by atomic mass is 16.5. The van der Waals surface area contributed by atoms with E-state index in [-0.39, 0.29) is 6.17 Å². The quantitative estimate of drug-likeness (QED) is 0.779. The molecular weight excluding hydrogens is 340 g/mol. The zero-order chi connectivity index (χ0) is 18.5. The molecule has 5 nitrogen and oxygen atoms in total. The van der Waals surface area contributed by atoms with Gasteiger partial charge in [0.05, 0.1) is 39.2 Å². The van der Waals surface area contributed by atoms with E-state index in [4.69, 9.17) is 14.2 Å². The summed E-state index contributed by atoms with van der Waals surface area (Å²) in [5.74, 6) is 1.01. The van der Waals surface area contributed by atoms with Gasteiger partial charge in [-0.3, -0.25) is 9.80 Å². The molecule has 2 heterocycles. The van der Waals surface area contributed by atoms with E-state index in [1.165, 1.54) is 16.3 Å². The average Bonchev–Trinajstić information content (AvgIpc) is 2.75. The lowest BCUT2D eigenvalue weighted by Gasteiger charge is -2.43. The molecule has 0 spiro atoms. The number of benzene rings is 2. The van der Waals surface area contributed by atoms with Crippen LogP contribution in [0.15, 0.2) is 36.4 Å². The predicted octanol–water partition coefficient (Wildman–Crippen LogP) is 3.29. The fourth-order valence-electron chi connectivity index (χ4n) is 4.12. The van der Waals surface area contributed by atoms with Crippen molar-refractivity contribution in [1.29, 1.82) is 0 Å². The molecule has 146 valence electrons. The Kier molecular flexibility index (Phi) is 6.24. The van der Waals surface area contributed by atoms with Crippen molar-refractivity contribution in [2.24, 2.45) is 0 Å². The largest absolute Gasteiger partial charge is 0.493 e. The highest BCUT2D eigenvalue weighted by Crippen LogP contribution is 2.38. The molecule has 0 aliphatic carbocycles. The van der Waals surface area contributed by atoms with Crippen LogP contribution in [0.4, 0.5) is 0 Å². The first kappa shape index (κ1) is 18.7. The summed E-state index contributed by atoms with van der Waals surface area (Å²) in [7, 11) is 0. The van der Waals surface area contributed by atoms with Crippen LogP contribution in [-0.2, 0) is 9.47 Å². The van der Waals surface area contributed by atoms with E-state index in [0.29, 0.717) is 0 Å². The smallest absolute Gasteiger partial charge is 0.126 e. The van der Waals surface area contributed by atoms with Gasteiger partial charge in [-0.25, -0.2) is 0 Å². The van der Waals surface area contributed by atoms with Crippen molar-refractivity contribution < 1.29 is 14.2 Å². The number of ether oxygens (including phenoxy) is 3. The molecule has 5 heteroatoms. The number of hydrogen-bond donors (Lipinski definition) is 0. The summed E-state index contributed by atoms with van der Waals surface area (Å²) in [5, 5.41) is 2.55. The van der Waals surface area contributed by atoms with Gasteiger partial charge in [-0.2, -0.15) is 0 Å². The molecule has 0 saturated carbocycles. The molecule has 0 amide bonds. The van der Waals surface area contributed by atoms with Crippen molar-refractivity contribution in [3.8, 4) is 5.75 Å². The lowest BCUT2D eigenvalue weighted by Crippen LogP contribution is -2.50. The van der Waals surface area contributed by atoms with E-state index in [0.717, 1.165) is 71.4 Å². The van der Waals surface area contributed by atoms with Gasteiger partial charge in [-0.1, -0.05) is 37.3 Å². The molecule has 0 unspecified atom stereocenters. The average molecular weight is 370 g/mol. The van der Waals surface area contributed by atoms with Crippen LogP contribution < -0.4 is 4.74 Å². The van der Waals surface area contributed by atoms with Crippen LogP contribution in [0.5, 0.6) is 5.75 Å². The van der Waals surface area contributed by atoms with E-state index in [1.807, 2.05) is 0 Å². The fourth-order valence-corrected chi connectivity index (χ4v) is 4.12. The van der Waals surface area contributed by atoms with Crippen molar-refractivity contribution >= 4 is 10.8 Å². The second-order valence-corrected chi connectivity index (χ2v) is 7.22. The van der Waals surface area contributed by atoms with E-state index in [2.05, 4.69) is 53.1 Å². The molecule has 0 aromatic heterocycles. The van der Waals surface area contributed by atoms with Crippen molar-refractivity contribution in [1.82, 2.24) is 9.80 Å². The minimum Gasteiger partial charge on any atom is -0.493 e. The summed E-state index contributed by atoms with van der Waals surface area (Å²) in [4.78, 5) is 5.10. The van der Waals surface area contributed by atoms with Gasteiger partial charge in [0.2, 0.25) is 0 Å². The molecule has 0 radical (unpaired) electrons. The Bertz CT molecular complexity index is 721. The number of hydrogen-bond acceptors (Lipinski definition) is 5. The van der Waals surface area contributed by atoms with E-state index in [1.54, 1.807) is 0 Å². The zero-order valence-corrected chi connectivity index (χ0v) is 16.2. The van der Waals surface area contributed by atoms with Crippen molar-refractivity contribution in [2.75, 3.05) is 59.2 Å². The third-order valence-corrected chi connectivity index (χ3v) is 5.43. The Labute approximate surface area is 161 Å². The van der Waals surface area contributed by atoms with Gasteiger partial charge in [0, 0.05) is 31.7 Å². The second kappa shape index (κ2) is 9.02. The zero-order valence-electron chi connectivity index (χ0n) is 16.2. The van der Waals surface area contributed by atoms with Gasteiger partial charge in [0.15, 0.2) is 0 Å². The Balaban J connectivity index is 1.82. The maximum Gasteiger partial charge on any atom is 0.126 e. The highest BCUT2D eigenvalue weighted by molar-refractivity contribution is 5.88. The molecule has 27 heavy (non-hydrogen) atoms. The molecule has 0 atom stereocenters. The molecule has 0 bridgehead atoms. The number of fused-ring (bicyclic) bond motifs is 1. The predicted molar refractivity (Wildman–Crippen MR) is 107 cm³/mol. The van der Waals surface area contributed by atoms with Gasteiger partial charge >= 0.3 is 0 Å². The molecule has 4 rings (SSSR count). The van der Waals surface area contributed by atoms with Crippen molar-refractivity contribution in [2.45, 2.75) is 19.5 Å². The summed E-state index contributed by atoms with van der Waals surface area (Å²) < 4.78 is 17.5. The summed E-state index contributed by atoms with van der Waals surface area (Å²) >= 11 is 0. The minimum absolute atomic E-state index is 0.191. The molecule has 2 fully saturated rings. The molecule has 2 aliphatic rings.